The molecule has 0 spiro atoms. The maximum Gasteiger partial charge on any atom is 0.376 e. The van der Waals surface area contributed by atoms with Gasteiger partial charge in [-0.3, -0.25) is 0 Å². The number of methoxy groups -OCH3 is 1. The molecule has 0 saturated carbocycles. The van der Waals surface area contributed by atoms with Gasteiger partial charge in [-0.25, -0.2) is 9.78 Å². The van der Waals surface area contributed by atoms with E-state index in [0.717, 1.165) is 6.42 Å². The highest BCUT2D eigenvalue weighted by Crippen LogP contribution is 2.27. The first kappa shape index (κ1) is 13.7. The lowest BCUT2D eigenvalue weighted by molar-refractivity contribution is 0.0559. The van der Waals surface area contributed by atoms with Crippen molar-refractivity contribution in [1.82, 2.24) is 4.98 Å². The number of esters is 1. The Kier molecular flexibility index (Phi) is 3.96. The van der Waals surface area contributed by atoms with Crippen molar-refractivity contribution in [1.29, 1.82) is 0 Å². The molecule has 0 N–H and O–H groups in total. The van der Waals surface area contributed by atoms with E-state index in [0.29, 0.717) is 17.5 Å². The number of hydrogen-bond acceptors (Lipinski definition) is 4. The first-order valence-corrected chi connectivity index (χ1v) is 5.84. The monoisotopic (exact) mass is 239 g/mol. The van der Waals surface area contributed by atoms with Crippen LogP contribution in [0.1, 0.15) is 56.8 Å². The lowest BCUT2D eigenvalue weighted by Gasteiger charge is -2.15. The number of hydrogen-bond donors (Lipinski definition) is 0. The maximum atomic E-state index is 11.6. The molecule has 0 bridgehead atoms. The molecule has 0 saturated heterocycles. The van der Waals surface area contributed by atoms with E-state index in [1.165, 1.54) is 7.11 Å². The molecular weight excluding hydrogens is 218 g/mol. The molecule has 1 heterocycles. The highest BCUT2D eigenvalue weighted by molar-refractivity contribution is 5.87. The fourth-order valence-corrected chi connectivity index (χ4v) is 1.54. The van der Waals surface area contributed by atoms with Gasteiger partial charge in [0.2, 0.25) is 5.76 Å². The molecule has 0 fully saturated rings. The Balaban J connectivity index is 3.17. The van der Waals surface area contributed by atoms with Crippen LogP contribution in [0.3, 0.4) is 0 Å². The van der Waals surface area contributed by atoms with E-state index < -0.39 is 5.97 Å². The van der Waals surface area contributed by atoms with Crippen LogP contribution in [-0.4, -0.2) is 18.1 Å². The molecule has 4 nitrogen and oxygen atoms in total. The third-order valence-corrected chi connectivity index (χ3v) is 2.34. The Hall–Kier alpha value is -1.32. The summed E-state index contributed by atoms with van der Waals surface area (Å²) in [5.74, 6) is 0.811. The van der Waals surface area contributed by atoms with E-state index in [9.17, 15) is 4.79 Å². The van der Waals surface area contributed by atoms with Gasteiger partial charge in [-0.2, -0.15) is 0 Å². The zero-order valence-electron chi connectivity index (χ0n) is 11.5. The van der Waals surface area contributed by atoms with Crippen molar-refractivity contribution in [2.24, 2.45) is 5.92 Å². The number of carbonyl (C=O) groups is 1. The minimum Gasteiger partial charge on any atom is -0.463 e. The largest absolute Gasteiger partial charge is 0.463 e. The number of oxazole rings is 1. The molecule has 0 atom stereocenters. The summed E-state index contributed by atoms with van der Waals surface area (Å²) in [7, 11) is 1.35. The van der Waals surface area contributed by atoms with Crippen LogP contribution in [0.5, 0.6) is 0 Å². The Morgan fingerprint density at radius 3 is 2.41 bits per heavy atom. The van der Waals surface area contributed by atoms with E-state index in [4.69, 9.17) is 9.15 Å². The normalized spacial score (nSPS) is 11.9. The molecular formula is C13H21NO3. The van der Waals surface area contributed by atoms with Gasteiger partial charge >= 0.3 is 5.97 Å². The van der Waals surface area contributed by atoms with Crippen LogP contribution >= 0.6 is 0 Å². The second kappa shape index (κ2) is 4.90. The summed E-state index contributed by atoms with van der Waals surface area (Å²) in [6, 6.07) is 0. The predicted molar refractivity (Wildman–Crippen MR) is 65.1 cm³/mol. The average molecular weight is 239 g/mol. The Bertz CT molecular complexity index is 399. The third kappa shape index (κ3) is 3.32. The maximum absolute atomic E-state index is 11.6. The summed E-state index contributed by atoms with van der Waals surface area (Å²) in [6.45, 7) is 10.2. The molecule has 0 radical (unpaired) electrons. The standard InChI is InChI=1S/C13H21NO3/c1-8(2)7-9-14-11(13(3,4)5)10(17-9)12(15)16-6/h8H,7H2,1-6H3. The van der Waals surface area contributed by atoms with Crippen LogP contribution in [0.15, 0.2) is 4.42 Å². The van der Waals surface area contributed by atoms with Crippen molar-refractivity contribution >= 4 is 5.97 Å². The van der Waals surface area contributed by atoms with E-state index >= 15 is 0 Å². The minimum absolute atomic E-state index is 0.232. The molecule has 0 amide bonds. The Morgan fingerprint density at radius 2 is 2.00 bits per heavy atom. The molecule has 0 aliphatic heterocycles. The third-order valence-electron chi connectivity index (χ3n) is 2.34. The van der Waals surface area contributed by atoms with E-state index in [1.54, 1.807) is 0 Å². The van der Waals surface area contributed by atoms with Crippen molar-refractivity contribution in [2.75, 3.05) is 7.11 Å². The number of aromatic nitrogens is 1. The van der Waals surface area contributed by atoms with E-state index in [1.807, 2.05) is 20.8 Å². The van der Waals surface area contributed by atoms with Gasteiger partial charge in [-0.15, -0.1) is 0 Å². The Morgan fingerprint density at radius 1 is 1.41 bits per heavy atom. The van der Waals surface area contributed by atoms with Crippen molar-refractivity contribution in [3.63, 3.8) is 0 Å². The lowest BCUT2D eigenvalue weighted by atomic mass is 9.91. The summed E-state index contributed by atoms with van der Waals surface area (Å²) >= 11 is 0. The predicted octanol–water partition coefficient (Wildman–Crippen LogP) is 2.96. The van der Waals surface area contributed by atoms with E-state index in [2.05, 4.69) is 18.8 Å². The molecule has 1 aromatic heterocycles. The second-order valence-corrected chi connectivity index (χ2v) is 5.62. The fourth-order valence-electron chi connectivity index (χ4n) is 1.54. The highest BCUT2D eigenvalue weighted by atomic mass is 16.5. The number of nitrogens with zero attached hydrogens (tertiary/aromatic N) is 1. The quantitative estimate of drug-likeness (QED) is 0.761. The molecule has 0 aliphatic rings. The summed E-state index contributed by atoms with van der Waals surface area (Å²) in [5, 5.41) is 0. The molecule has 17 heavy (non-hydrogen) atoms. The van der Waals surface area contributed by atoms with Gasteiger partial charge in [0.25, 0.3) is 0 Å². The number of carbonyl (C=O) groups excluding carboxylic acids is 1. The summed E-state index contributed by atoms with van der Waals surface area (Å²) in [6.07, 6.45) is 0.722. The van der Waals surface area contributed by atoms with Crippen molar-refractivity contribution in [2.45, 2.75) is 46.5 Å². The number of ether oxygens (including phenoxy) is 1. The molecule has 4 heteroatoms. The summed E-state index contributed by atoms with van der Waals surface area (Å²) in [4.78, 5) is 16.0. The van der Waals surface area contributed by atoms with Gasteiger partial charge in [0, 0.05) is 11.8 Å². The van der Waals surface area contributed by atoms with Gasteiger partial charge in [0.05, 0.1) is 12.8 Å². The van der Waals surface area contributed by atoms with Crippen molar-refractivity contribution in [3.05, 3.63) is 17.3 Å². The first-order chi connectivity index (χ1) is 7.75. The molecule has 1 aromatic rings. The molecule has 96 valence electrons. The van der Waals surface area contributed by atoms with Crippen molar-refractivity contribution in [3.8, 4) is 0 Å². The number of rotatable bonds is 3. The highest BCUT2D eigenvalue weighted by Gasteiger charge is 2.29. The van der Waals surface area contributed by atoms with Crippen LogP contribution in [0.4, 0.5) is 0 Å². The van der Waals surface area contributed by atoms with Crippen LogP contribution in [0.25, 0.3) is 0 Å². The molecule has 0 aromatic carbocycles. The summed E-state index contributed by atoms with van der Waals surface area (Å²) in [5.41, 5.74) is 0.433. The topological polar surface area (TPSA) is 52.3 Å². The smallest absolute Gasteiger partial charge is 0.376 e. The van der Waals surface area contributed by atoms with Gasteiger partial charge in [0.1, 0.15) is 0 Å². The fraction of sp³-hybridized carbons (Fsp3) is 0.692. The van der Waals surface area contributed by atoms with E-state index in [-0.39, 0.29) is 11.2 Å². The average Bonchev–Trinajstić information content (AvgIpc) is 2.59. The van der Waals surface area contributed by atoms with Crippen LogP contribution in [-0.2, 0) is 16.6 Å². The zero-order chi connectivity index (χ0) is 13.2. The lowest BCUT2D eigenvalue weighted by Crippen LogP contribution is -2.17. The van der Waals surface area contributed by atoms with Gasteiger partial charge in [-0.05, 0) is 5.92 Å². The summed E-state index contributed by atoms with van der Waals surface area (Å²) < 4.78 is 10.2. The molecule has 0 aliphatic carbocycles. The Labute approximate surface area is 102 Å². The minimum atomic E-state index is -0.461. The van der Waals surface area contributed by atoms with Crippen molar-refractivity contribution < 1.29 is 13.9 Å². The van der Waals surface area contributed by atoms with Gasteiger partial charge < -0.3 is 9.15 Å². The van der Waals surface area contributed by atoms with Gasteiger partial charge in [-0.1, -0.05) is 34.6 Å². The van der Waals surface area contributed by atoms with Gasteiger partial charge in [0.15, 0.2) is 5.89 Å². The van der Waals surface area contributed by atoms with Crippen LogP contribution in [0, 0.1) is 5.92 Å². The van der Waals surface area contributed by atoms with Crippen LogP contribution in [0.2, 0.25) is 0 Å². The second-order valence-electron chi connectivity index (χ2n) is 5.62. The molecule has 1 rings (SSSR count). The van der Waals surface area contributed by atoms with Crippen LogP contribution < -0.4 is 0 Å². The molecule has 0 unspecified atom stereocenters. The first-order valence-electron chi connectivity index (χ1n) is 5.84. The SMILES string of the molecule is COC(=O)c1oc(CC(C)C)nc1C(C)(C)C. The zero-order valence-corrected chi connectivity index (χ0v) is 11.5.